The second kappa shape index (κ2) is 4.93. The molecule has 0 fully saturated rings. The highest BCUT2D eigenvalue weighted by atomic mass is 19.4. The number of hydrogen-bond donors (Lipinski definition) is 3. The largest absolute Gasteiger partial charge is 0.416 e. The van der Waals surface area contributed by atoms with E-state index >= 15 is 0 Å². The van der Waals surface area contributed by atoms with Crippen molar-refractivity contribution in [2.75, 3.05) is 5.73 Å². The maximum absolute atomic E-state index is 12.4. The fraction of sp³-hybridized carbons (Fsp3) is 0.455. The minimum absolute atomic E-state index is 0.0759. The van der Waals surface area contributed by atoms with E-state index < -0.39 is 17.8 Å². The number of hydrogen-bond acceptors (Lipinski definition) is 3. The van der Waals surface area contributed by atoms with E-state index in [1.165, 1.54) is 6.07 Å². The quantitative estimate of drug-likeness (QED) is 0.717. The van der Waals surface area contributed by atoms with E-state index in [4.69, 9.17) is 11.5 Å². The monoisotopic (exact) mass is 248 g/mol. The van der Waals surface area contributed by atoms with E-state index in [9.17, 15) is 18.3 Å². The minimum atomic E-state index is -4.43. The van der Waals surface area contributed by atoms with Gasteiger partial charge >= 0.3 is 6.18 Å². The van der Waals surface area contributed by atoms with Crippen molar-refractivity contribution in [3.05, 3.63) is 29.3 Å². The summed E-state index contributed by atoms with van der Waals surface area (Å²) >= 11 is 0. The fourth-order valence-electron chi connectivity index (χ4n) is 1.53. The van der Waals surface area contributed by atoms with Crippen molar-refractivity contribution < 1.29 is 18.3 Å². The predicted octanol–water partition coefficient (Wildman–Crippen LogP) is 2.06. The van der Waals surface area contributed by atoms with Gasteiger partial charge in [-0.05, 0) is 25.5 Å². The molecule has 0 radical (unpaired) electrons. The van der Waals surface area contributed by atoms with Gasteiger partial charge in [-0.2, -0.15) is 13.2 Å². The summed E-state index contributed by atoms with van der Waals surface area (Å²) in [5, 5.41) is 9.72. The first kappa shape index (κ1) is 13.8. The Kier molecular flexibility index (Phi) is 4.00. The summed E-state index contributed by atoms with van der Waals surface area (Å²) in [5.74, 6) is 0. The predicted molar refractivity (Wildman–Crippen MR) is 59.1 cm³/mol. The van der Waals surface area contributed by atoms with Crippen LogP contribution in [-0.4, -0.2) is 11.1 Å². The molecular formula is C11H15F3N2O. The van der Waals surface area contributed by atoms with Gasteiger partial charge in [-0.1, -0.05) is 6.07 Å². The van der Waals surface area contributed by atoms with Crippen LogP contribution >= 0.6 is 0 Å². The van der Waals surface area contributed by atoms with Gasteiger partial charge in [0.25, 0.3) is 0 Å². The van der Waals surface area contributed by atoms with E-state index in [0.29, 0.717) is 0 Å². The average Bonchev–Trinajstić information content (AvgIpc) is 2.14. The van der Waals surface area contributed by atoms with Gasteiger partial charge in [-0.15, -0.1) is 0 Å². The standard InChI is InChI=1S/C11H15F3N2O/c1-6(15)4-10(17)8-3-2-7(5-9(8)16)11(12,13)14/h2-3,5-6,10,17H,4,15-16H2,1H3. The zero-order chi connectivity index (χ0) is 13.2. The zero-order valence-corrected chi connectivity index (χ0v) is 9.33. The van der Waals surface area contributed by atoms with E-state index in [0.717, 1.165) is 12.1 Å². The van der Waals surface area contributed by atoms with Gasteiger partial charge in [0, 0.05) is 17.3 Å². The van der Waals surface area contributed by atoms with Gasteiger partial charge in [0.1, 0.15) is 0 Å². The first-order chi connectivity index (χ1) is 7.71. The summed E-state index contributed by atoms with van der Waals surface area (Å²) in [6.07, 6.45) is -5.13. The lowest BCUT2D eigenvalue weighted by Crippen LogP contribution is -2.19. The van der Waals surface area contributed by atoms with Gasteiger partial charge in [-0.25, -0.2) is 0 Å². The molecule has 6 heteroatoms. The molecule has 0 heterocycles. The van der Waals surface area contributed by atoms with Gasteiger partial charge in [0.05, 0.1) is 11.7 Å². The molecule has 0 aliphatic rings. The molecule has 1 aromatic carbocycles. The van der Waals surface area contributed by atoms with Gasteiger partial charge in [0.2, 0.25) is 0 Å². The minimum Gasteiger partial charge on any atom is -0.398 e. The lowest BCUT2D eigenvalue weighted by molar-refractivity contribution is -0.137. The second-order valence-electron chi connectivity index (χ2n) is 4.07. The van der Waals surface area contributed by atoms with Crippen molar-refractivity contribution in [2.45, 2.75) is 31.7 Å². The van der Waals surface area contributed by atoms with Gasteiger partial charge < -0.3 is 16.6 Å². The normalized spacial score (nSPS) is 15.6. The maximum Gasteiger partial charge on any atom is 0.416 e. The number of aliphatic hydroxyl groups excluding tert-OH is 1. The number of alkyl halides is 3. The molecule has 0 spiro atoms. The maximum atomic E-state index is 12.4. The molecule has 0 aliphatic carbocycles. The highest BCUT2D eigenvalue weighted by Gasteiger charge is 2.31. The van der Waals surface area contributed by atoms with Crippen LogP contribution in [0.25, 0.3) is 0 Å². The third-order valence-corrected chi connectivity index (χ3v) is 2.37. The molecular weight excluding hydrogens is 233 g/mol. The Morgan fingerprint density at radius 2 is 1.94 bits per heavy atom. The van der Waals surface area contributed by atoms with Crippen LogP contribution in [0.4, 0.5) is 18.9 Å². The first-order valence-corrected chi connectivity index (χ1v) is 5.12. The molecule has 1 aromatic rings. The van der Waals surface area contributed by atoms with E-state index in [1.807, 2.05) is 0 Å². The number of benzene rings is 1. The van der Waals surface area contributed by atoms with Crippen LogP contribution in [0.3, 0.4) is 0 Å². The third kappa shape index (κ3) is 3.61. The summed E-state index contributed by atoms with van der Waals surface area (Å²) in [7, 11) is 0. The van der Waals surface area contributed by atoms with Crippen molar-refractivity contribution in [1.82, 2.24) is 0 Å². The van der Waals surface area contributed by atoms with Crippen LogP contribution in [0.5, 0.6) is 0 Å². The van der Waals surface area contributed by atoms with Crippen molar-refractivity contribution >= 4 is 5.69 Å². The van der Waals surface area contributed by atoms with Gasteiger partial charge in [0.15, 0.2) is 0 Å². The Bertz CT molecular complexity index is 391. The van der Waals surface area contributed by atoms with Crippen LogP contribution in [0, 0.1) is 0 Å². The highest BCUT2D eigenvalue weighted by molar-refractivity contribution is 5.51. The summed E-state index contributed by atoms with van der Waals surface area (Å²) < 4.78 is 37.1. The zero-order valence-electron chi connectivity index (χ0n) is 9.33. The Hall–Kier alpha value is -1.27. The Morgan fingerprint density at radius 1 is 1.35 bits per heavy atom. The summed E-state index contributed by atoms with van der Waals surface area (Å²) in [5.41, 5.74) is 10.4. The Labute approximate surface area is 97.2 Å². The Morgan fingerprint density at radius 3 is 2.35 bits per heavy atom. The van der Waals surface area contributed by atoms with Crippen LogP contribution in [0.15, 0.2) is 18.2 Å². The van der Waals surface area contributed by atoms with Crippen LogP contribution in [0.1, 0.15) is 30.6 Å². The van der Waals surface area contributed by atoms with Gasteiger partial charge in [-0.3, -0.25) is 0 Å². The molecule has 17 heavy (non-hydrogen) atoms. The number of aliphatic hydroxyl groups is 1. The SMILES string of the molecule is CC(N)CC(O)c1ccc(C(F)(F)F)cc1N. The molecule has 1 rings (SSSR count). The smallest absolute Gasteiger partial charge is 0.398 e. The second-order valence-corrected chi connectivity index (χ2v) is 4.07. The number of anilines is 1. The van der Waals surface area contributed by atoms with E-state index in [2.05, 4.69) is 0 Å². The average molecular weight is 248 g/mol. The highest BCUT2D eigenvalue weighted by Crippen LogP contribution is 2.33. The molecule has 0 aromatic heterocycles. The summed E-state index contributed by atoms with van der Waals surface area (Å²) in [6, 6.07) is 2.65. The molecule has 0 bridgehead atoms. The molecule has 3 nitrogen and oxygen atoms in total. The third-order valence-electron chi connectivity index (χ3n) is 2.37. The van der Waals surface area contributed by atoms with Crippen LogP contribution < -0.4 is 11.5 Å². The Balaban J connectivity index is 2.98. The van der Waals surface area contributed by atoms with Crippen molar-refractivity contribution in [1.29, 1.82) is 0 Å². The number of nitrogen functional groups attached to an aromatic ring is 1. The van der Waals surface area contributed by atoms with Crippen molar-refractivity contribution in [3.8, 4) is 0 Å². The lowest BCUT2D eigenvalue weighted by Gasteiger charge is -2.17. The first-order valence-electron chi connectivity index (χ1n) is 5.12. The van der Waals surface area contributed by atoms with Crippen LogP contribution in [0.2, 0.25) is 0 Å². The number of rotatable bonds is 3. The van der Waals surface area contributed by atoms with E-state index in [1.54, 1.807) is 6.92 Å². The molecule has 0 amide bonds. The summed E-state index contributed by atoms with van der Waals surface area (Å²) in [4.78, 5) is 0. The topological polar surface area (TPSA) is 72.3 Å². The number of halogens is 3. The molecule has 5 N–H and O–H groups in total. The molecule has 0 saturated heterocycles. The lowest BCUT2D eigenvalue weighted by atomic mass is 10.00. The van der Waals surface area contributed by atoms with Crippen molar-refractivity contribution in [2.24, 2.45) is 5.73 Å². The molecule has 2 unspecified atom stereocenters. The molecule has 0 aliphatic heterocycles. The fourth-order valence-corrected chi connectivity index (χ4v) is 1.53. The van der Waals surface area contributed by atoms with Crippen molar-refractivity contribution in [3.63, 3.8) is 0 Å². The summed E-state index contributed by atoms with van der Waals surface area (Å²) in [6.45, 7) is 1.70. The number of nitrogens with two attached hydrogens (primary N) is 2. The van der Waals surface area contributed by atoms with E-state index in [-0.39, 0.29) is 23.7 Å². The van der Waals surface area contributed by atoms with Crippen LogP contribution in [-0.2, 0) is 6.18 Å². The molecule has 96 valence electrons. The molecule has 0 saturated carbocycles. The molecule has 2 atom stereocenters.